The lowest BCUT2D eigenvalue weighted by atomic mass is 9.84. The van der Waals surface area contributed by atoms with Crippen molar-refractivity contribution >= 4 is 11.9 Å². The van der Waals surface area contributed by atoms with E-state index in [1.807, 2.05) is 13.1 Å². The Labute approximate surface area is 267 Å². The van der Waals surface area contributed by atoms with Gasteiger partial charge >= 0.3 is 18.1 Å². The van der Waals surface area contributed by atoms with Crippen molar-refractivity contribution in [3.8, 4) is 11.6 Å². The second-order valence-electron chi connectivity index (χ2n) is 12.2. The van der Waals surface area contributed by atoms with Crippen LogP contribution in [0.2, 0.25) is 0 Å². The van der Waals surface area contributed by atoms with Gasteiger partial charge in [-0.25, -0.2) is 9.48 Å². The lowest BCUT2D eigenvalue weighted by molar-refractivity contribution is -0.192. The summed E-state index contributed by atoms with van der Waals surface area (Å²) >= 11 is 0. The van der Waals surface area contributed by atoms with E-state index in [0.717, 1.165) is 53.1 Å². The highest BCUT2D eigenvalue weighted by molar-refractivity contribution is 5.73. The molecule has 1 unspecified atom stereocenters. The van der Waals surface area contributed by atoms with E-state index in [0.29, 0.717) is 18.9 Å². The van der Waals surface area contributed by atoms with Crippen molar-refractivity contribution in [2.45, 2.75) is 96.6 Å². The number of pyridine rings is 1. The van der Waals surface area contributed by atoms with Crippen LogP contribution in [0.5, 0.6) is 11.6 Å². The number of carbonyl (C=O) groups is 2. The minimum atomic E-state index is -5.08. The molecule has 1 aliphatic carbocycles. The molecule has 12 heteroatoms. The molecule has 2 N–H and O–H groups in total. The van der Waals surface area contributed by atoms with Crippen LogP contribution in [0.4, 0.5) is 13.2 Å². The lowest BCUT2D eigenvalue weighted by Crippen LogP contribution is -2.21. The molecule has 2 aromatic heterocycles. The van der Waals surface area contributed by atoms with Gasteiger partial charge in [0.15, 0.2) is 0 Å². The molecule has 252 valence electrons. The Hall–Kier alpha value is -4.09. The maximum Gasteiger partial charge on any atom is 0.490 e. The zero-order chi connectivity index (χ0) is 34.2. The van der Waals surface area contributed by atoms with Crippen molar-refractivity contribution in [2.75, 3.05) is 13.7 Å². The number of benzene rings is 1. The summed E-state index contributed by atoms with van der Waals surface area (Å²) in [4.78, 5) is 25.6. The molecule has 0 saturated heterocycles. The van der Waals surface area contributed by atoms with Gasteiger partial charge in [-0.05, 0) is 78.2 Å². The highest BCUT2D eigenvalue weighted by Crippen LogP contribution is 2.39. The average molecular weight is 648 g/mol. The first-order valence-corrected chi connectivity index (χ1v) is 15.5. The van der Waals surface area contributed by atoms with Crippen molar-refractivity contribution in [1.82, 2.24) is 14.8 Å². The van der Waals surface area contributed by atoms with Gasteiger partial charge in [-0.15, -0.1) is 0 Å². The fourth-order valence-electron chi connectivity index (χ4n) is 5.57. The molecule has 0 bridgehead atoms. The summed E-state index contributed by atoms with van der Waals surface area (Å²) < 4.78 is 45.4. The molecule has 4 rings (SSSR count). The Kier molecular flexibility index (Phi) is 12.6. The Morgan fingerprint density at radius 2 is 1.59 bits per heavy atom. The van der Waals surface area contributed by atoms with Gasteiger partial charge in [0.1, 0.15) is 5.75 Å². The van der Waals surface area contributed by atoms with Gasteiger partial charge in [0.05, 0.1) is 25.8 Å². The third-order valence-corrected chi connectivity index (χ3v) is 7.94. The summed E-state index contributed by atoms with van der Waals surface area (Å²) in [5.41, 5.74) is 7.73. The summed E-state index contributed by atoms with van der Waals surface area (Å²) in [6.07, 6.45) is 0.858. The normalized spacial score (nSPS) is 13.5. The molecule has 0 saturated carbocycles. The van der Waals surface area contributed by atoms with Crippen molar-refractivity contribution in [3.05, 3.63) is 69.7 Å². The van der Waals surface area contributed by atoms with Crippen molar-refractivity contribution in [3.63, 3.8) is 0 Å². The van der Waals surface area contributed by atoms with Crippen LogP contribution in [0, 0.1) is 0 Å². The number of carboxylic acids is 2. The van der Waals surface area contributed by atoms with E-state index in [1.54, 1.807) is 11.8 Å². The predicted octanol–water partition coefficient (Wildman–Crippen LogP) is 7.01. The molecule has 0 amide bonds. The third kappa shape index (κ3) is 9.95. The molecule has 0 fully saturated rings. The topological polar surface area (TPSA) is 124 Å². The minimum absolute atomic E-state index is 0.0260. The monoisotopic (exact) mass is 647 g/mol. The summed E-state index contributed by atoms with van der Waals surface area (Å²) in [6.45, 7) is 9.07. The van der Waals surface area contributed by atoms with E-state index >= 15 is 0 Å². The number of carboxylic acid groups (broad SMARTS) is 2. The van der Waals surface area contributed by atoms with Gasteiger partial charge in [0, 0.05) is 30.9 Å². The van der Waals surface area contributed by atoms with E-state index in [-0.39, 0.29) is 24.2 Å². The Morgan fingerprint density at radius 1 is 0.978 bits per heavy atom. The quantitative estimate of drug-likeness (QED) is 0.215. The number of fused-ring (bicyclic) bond motifs is 1. The Balaban J connectivity index is 0.000000738. The predicted molar refractivity (Wildman–Crippen MR) is 167 cm³/mol. The number of nitrogens with zero attached hydrogens (tertiary/aromatic N) is 3. The first-order chi connectivity index (χ1) is 21.6. The second kappa shape index (κ2) is 16.0. The SMILES string of the molecule is COc1c(C(C)C)cc(C(CC(=O)O)Cc2cc(OCCc3ccc4c(n3)CCCC4)n(C)n2)cc1C(C)C.O=C(O)C(F)(F)F. The number of halogens is 3. The maximum absolute atomic E-state index is 11.9. The number of aromatic nitrogens is 3. The van der Waals surface area contributed by atoms with Crippen LogP contribution in [-0.2, 0) is 42.3 Å². The first-order valence-electron chi connectivity index (χ1n) is 15.5. The molecule has 1 aliphatic rings. The highest BCUT2D eigenvalue weighted by Gasteiger charge is 2.38. The van der Waals surface area contributed by atoms with E-state index in [4.69, 9.17) is 24.4 Å². The van der Waals surface area contributed by atoms with Gasteiger partial charge in [0.25, 0.3) is 0 Å². The molecule has 9 nitrogen and oxygen atoms in total. The molecule has 46 heavy (non-hydrogen) atoms. The molecular weight excluding hydrogens is 603 g/mol. The molecule has 1 atom stereocenters. The summed E-state index contributed by atoms with van der Waals surface area (Å²) in [5, 5.41) is 21.6. The van der Waals surface area contributed by atoms with Crippen LogP contribution in [0.25, 0.3) is 0 Å². The van der Waals surface area contributed by atoms with Crippen LogP contribution in [-0.4, -0.2) is 56.8 Å². The summed E-state index contributed by atoms with van der Waals surface area (Å²) in [7, 11) is 3.57. The van der Waals surface area contributed by atoms with Crippen molar-refractivity contribution in [1.29, 1.82) is 0 Å². The average Bonchev–Trinajstić information content (AvgIpc) is 3.33. The summed E-state index contributed by atoms with van der Waals surface area (Å²) in [6, 6.07) is 10.5. The van der Waals surface area contributed by atoms with Crippen LogP contribution in [0.15, 0.2) is 30.3 Å². The zero-order valence-electron chi connectivity index (χ0n) is 27.3. The number of aryl methyl sites for hydroxylation is 3. The van der Waals surface area contributed by atoms with Gasteiger partial charge in [-0.3, -0.25) is 9.78 Å². The van der Waals surface area contributed by atoms with Crippen LogP contribution < -0.4 is 9.47 Å². The van der Waals surface area contributed by atoms with Gasteiger partial charge < -0.3 is 19.7 Å². The molecule has 1 aromatic carbocycles. The van der Waals surface area contributed by atoms with E-state index in [1.165, 1.54) is 24.1 Å². The molecule has 0 spiro atoms. The molecule has 2 heterocycles. The standard InChI is InChI=1S/C32H43N3O4.C2HF3O2/c1-20(2)27-16-24(17-28(21(3)4)32(27)38-6)23(18-31(36)37)15-26-19-30(35(5)34-26)39-14-13-25-12-11-22-9-7-8-10-29(22)33-25;3-2(4,5)1(6)7/h11-12,16-17,19-21,23H,7-10,13-15,18H2,1-6H3,(H,36,37);(H,6,7). The molecule has 3 aromatic rings. The van der Waals surface area contributed by atoms with E-state index in [2.05, 4.69) is 57.1 Å². The minimum Gasteiger partial charge on any atom is -0.496 e. The third-order valence-electron chi connectivity index (χ3n) is 7.94. The first kappa shape index (κ1) is 36.4. The van der Waals surface area contributed by atoms with E-state index in [9.17, 15) is 23.1 Å². The fourth-order valence-corrected chi connectivity index (χ4v) is 5.57. The van der Waals surface area contributed by atoms with Crippen LogP contribution >= 0.6 is 0 Å². The van der Waals surface area contributed by atoms with Crippen LogP contribution in [0.3, 0.4) is 0 Å². The van der Waals surface area contributed by atoms with Gasteiger partial charge in [-0.1, -0.05) is 45.9 Å². The second-order valence-corrected chi connectivity index (χ2v) is 12.2. The fraction of sp³-hybridized carbons (Fsp3) is 0.529. The van der Waals surface area contributed by atoms with Gasteiger partial charge in [-0.2, -0.15) is 18.3 Å². The maximum atomic E-state index is 11.9. The Morgan fingerprint density at radius 3 is 2.13 bits per heavy atom. The lowest BCUT2D eigenvalue weighted by Gasteiger charge is -2.23. The Bertz CT molecular complexity index is 1470. The number of ether oxygens (including phenoxy) is 2. The molecular formula is C34H44F3N3O6. The van der Waals surface area contributed by atoms with Crippen molar-refractivity contribution in [2.24, 2.45) is 7.05 Å². The zero-order valence-corrected chi connectivity index (χ0v) is 27.3. The number of hydrogen-bond acceptors (Lipinski definition) is 6. The highest BCUT2D eigenvalue weighted by atomic mass is 19.4. The number of methoxy groups -OCH3 is 1. The number of hydrogen-bond donors (Lipinski definition) is 2. The largest absolute Gasteiger partial charge is 0.496 e. The smallest absolute Gasteiger partial charge is 0.490 e. The number of aliphatic carboxylic acids is 2. The molecule has 0 aliphatic heterocycles. The summed E-state index contributed by atoms with van der Waals surface area (Å²) in [5.74, 6) is -1.71. The van der Waals surface area contributed by atoms with E-state index < -0.39 is 18.1 Å². The van der Waals surface area contributed by atoms with Crippen LogP contribution in [0.1, 0.15) is 104 Å². The number of rotatable bonds is 12. The van der Waals surface area contributed by atoms with Crippen molar-refractivity contribution < 1.29 is 42.4 Å². The van der Waals surface area contributed by atoms with Gasteiger partial charge in [0.2, 0.25) is 5.88 Å². The number of alkyl halides is 3. The molecule has 0 radical (unpaired) electrons.